The molecule has 0 aliphatic rings. The second-order valence-corrected chi connectivity index (χ2v) is 3.59. The van der Waals surface area contributed by atoms with Crippen molar-refractivity contribution in [2.75, 3.05) is 0 Å². The molecule has 1 aromatic rings. The van der Waals surface area contributed by atoms with Crippen molar-refractivity contribution in [2.24, 2.45) is 0 Å². The summed E-state index contributed by atoms with van der Waals surface area (Å²) in [6, 6.07) is 6.02. The van der Waals surface area contributed by atoms with E-state index in [1.54, 1.807) is 12.1 Å². The molecular formula is C13H16O3. The molecule has 1 rings (SSSR count). The van der Waals surface area contributed by atoms with E-state index in [1.165, 1.54) is 12.1 Å². The topological polar surface area (TPSA) is 46.5 Å². The number of phenolic OH excluding ortho intramolecular Hbond substituents is 1. The lowest BCUT2D eigenvalue weighted by Gasteiger charge is -2.06. The fourth-order valence-electron chi connectivity index (χ4n) is 1.19. The molecule has 0 heterocycles. The van der Waals surface area contributed by atoms with Crippen molar-refractivity contribution >= 4 is 5.97 Å². The van der Waals surface area contributed by atoms with Gasteiger partial charge in [-0.15, -0.1) is 0 Å². The summed E-state index contributed by atoms with van der Waals surface area (Å²) in [6.07, 6.45) is 2.61. The molecule has 1 N–H and O–H groups in total. The van der Waals surface area contributed by atoms with Gasteiger partial charge in [-0.25, -0.2) is 4.79 Å². The average molecular weight is 220 g/mol. The molecule has 0 amide bonds. The number of hydrogen-bond acceptors (Lipinski definition) is 3. The highest BCUT2D eigenvalue weighted by Gasteiger charge is 2.08. The molecule has 0 atom stereocenters. The van der Waals surface area contributed by atoms with Gasteiger partial charge in [-0.1, -0.05) is 19.9 Å². The maximum atomic E-state index is 11.5. The summed E-state index contributed by atoms with van der Waals surface area (Å²) in [5.74, 6) is 0.157. The van der Waals surface area contributed by atoms with Crippen LogP contribution >= 0.6 is 0 Å². The fraction of sp³-hybridized carbons (Fsp3) is 0.308. The Hall–Kier alpha value is -1.77. The largest absolute Gasteiger partial charge is 0.508 e. The van der Waals surface area contributed by atoms with Crippen LogP contribution < -0.4 is 4.74 Å². The molecule has 1 aromatic carbocycles. The van der Waals surface area contributed by atoms with E-state index in [0.29, 0.717) is 17.7 Å². The lowest BCUT2D eigenvalue weighted by Crippen LogP contribution is -2.10. The summed E-state index contributed by atoms with van der Waals surface area (Å²) in [5.41, 5.74) is 0.481. The third kappa shape index (κ3) is 3.77. The molecule has 0 bridgehead atoms. The van der Waals surface area contributed by atoms with Crippen LogP contribution in [-0.4, -0.2) is 11.1 Å². The summed E-state index contributed by atoms with van der Waals surface area (Å²) in [5, 5.41) is 9.06. The van der Waals surface area contributed by atoms with Crippen LogP contribution in [-0.2, 0) is 4.79 Å². The SMILES string of the molecule is C=C(CCCC)C(=O)Oc1ccc(O)cc1. The summed E-state index contributed by atoms with van der Waals surface area (Å²) >= 11 is 0. The second-order valence-electron chi connectivity index (χ2n) is 3.59. The summed E-state index contributed by atoms with van der Waals surface area (Å²) in [4.78, 5) is 11.5. The van der Waals surface area contributed by atoms with Gasteiger partial charge >= 0.3 is 5.97 Å². The van der Waals surface area contributed by atoms with Gasteiger partial charge in [-0.2, -0.15) is 0 Å². The monoisotopic (exact) mass is 220 g/mol. The van der Waals surface area contributed by atoms with Crippen molar-refractivity contribution < 1.29 is 14.6 Å². The Kier molecular flexibility index (Phi) is 4.58. The minimum absolute atomic E-state index is 0.143. The maximum absolute atomic E-state index is 11.5. The number of benzene rings is 1. The van der Waals surface area contributed by atoms with Crippen LogP contribution in [0.4, 0.5) is 0 Å². The number of esters is 1. The van der Waals surface area contributed by atoms with Crippen molar-refractivity contribution in [1.82, 2.24) is 0 Å². The number of carbonyl (C=O) groups is 1. The van der Waals surface area contributed by atoms with Crippen molar-refractivity contribution in [3.63, 3.8) is 0 Å². The van der Waals surface area contributed by atoms with Crippen LogP contribution in [0.25, 0.3) is 0 Å². The number of unbranched alkanes of at least 4 members (excludes halogenated alkanes) is 1. The van der Waals surface area contributed by atoms with E-state index in [-0.39, 0.29) is 5.75 Å². The first-order valence-corrected chi connectivity index (χ1v) is 5.32. The molecule has 0 spiro atoms. The number of ether oxygens (including phenoxy) is 1. The Morgan fingerprint density at radius 3 is 2.56 bits per heavy atom. The molecule has 0 aliphatic heterocycles. The van der Waals surface area contributed by atoms with Crippen LogP contribution in [0.5, 0.6) is 11.5 Å². The minimum Gasteiger partial charge on any atom is -0.508 e. The summed E-state index contributed by atoms with van der Waals surface area (Å²) in [6.45, 7) is 5.74. The molecule has 0 aromatic heterocycles. The fourth-order valence-corrected chi connectivity index (χ4v) is 1.19. The van der Waals surface area contributed by atoms with Crippen LogP contribution in [0.15, 0.2) is 36.4 Å². The zero-order chi connectivity index (χ0) is 12.0. The highest BCUT2D eigenvalue weighted by Crippen LogP contribution is 2.17. The first kappa shape index (κ1) is 12.3. The Morgan fingerprint density at radius 1 is 1.38 bits per heavy atom. The van der Waals surface area contributed by atoms with Crippen LogP contribution in [0, 0.1) is 0 Å². The van der Waals surface area contributed by atoms with Crippen LogP contribution in [0.1, 0.15) is 26.2 Å². The lowest BCUT2D eigenvalue weighted by molar-refractivity contribution is -0.130. The Balaban J connectivity index is 2.51. The smallest absolute Gasteiger partial charge is 0.338 e. The maximum Gasteiger partial charge on any atom is 0.338 e. The van der Waals surface area contributed by atoms with Crippen molar-refractivity contribution in [1.29, 1.82) is 0 Å². The molecule has 0 unspecified atom stereocenters. The van der Waals surface area contributed by atoms with E-state index in [9.17, 15) is 4.79 Å². The summed E-state index contributed by atoms with van der Waals surface area (Å²) in [7, 11) is 0. The lowest BCUT2D eigenvalue weighted by atomic mass is 10.1. The predicted molar refractivity (Wildman–Crippen MR) is 62.4 cm³/mol. The van der Waals surface area contributed by atoms with E-state index in [2.05, 4.69) is 13.5 Å². The van der Waals surface area contributed by atoms with E-state index in [0.717, 1.165) is 12.8 Å². The molecule has 16 heavy (non-hydrogen) atoms. The number of rotatable bonds is 5. The molecular weight excluding hydrogens is 204 g/mol. The van der Waals surface area contributed by atoms with E-state index < -0.39 is 5.97 Å². The van der Waals surface area contributed by atoms with Gasteiger partial charge in [-0.05, 0) is 37.1 Å². The zero-order valence-corrected chi connectivity index (χ0v) is 9.40. The predicted octanol–water partition coefficient (Wildman–Crippen LogP) is 3.04. The number of phenols is 1. The van der Waals surface area contributed by atoms with Crippen LogP contribution in [0.2, 0.25) is 0 Å². The van der Waals surface area contributed by atoms with Gasteiger partial charge in [0.15, 0.2) is 0 Å². The third-order valence-electron chi connectivity index (χ3n) is 2.17. The highest BCUT2D eigenvalue weighted by atomic mass is 16.5. The molecule has 0 saturated carbocycles. The normalized spacial score (nSPS) is 9.81. The Bertz CT molecular complexity index is 365. The van der Waals surface area contributed by atoms with E-state index in [4.69, 9.17) is 9.84 Å². The van der Waals surface area contributed by atoms with Gasteiger partial charge in [0.25, 0.3) is 0 Å². The quantitative estimate of drug-likeness (QED) is 0.471. The van der Waals surface area contributed by atoms with Gasteiger partial charge in [0, 0.05) is 5.57 Å². The Morgan fingerprint density at radius 2 is 2.00 bits per heavy atom. The van der Waals surface area contributed by atoms with Gasteiger partial charge in [0.2, 0.25) is 0 Å². The van der Waals surface area contributed by atoms with Crippen molar-refractivity contribution in [3.05, 3.63) is 36.4 Å². The van der Waals surface area contributed by atoms with Gasteiger partial charge in [0.05, 0.1) is 0 Å². The zero-order valence-electron chi connectivity index (χ0n) is 9.40. The molecule has 0 aliphatic carbocycles. The number of hydrogen-bond donors (Lipinski definition) is 1. The number of aromatic hydroxyl groups is 1. The Labute approximate surface area is 95.4 Å². The molecule has 86 valence electrons. The molecule has 0 fully saturated rings. The van der Waals surface area contributed by atoms with E-state index in [1.807, 2.05) is 0 Å². The standard InChI is InChI=1S/C13H16O3/c1-3-4-5-10(2)13(15)16-12-8-6-11(14)7-9-12/h6-9,14H,2-5H2,1H3. The summed E-state index contributed by atoms with van der Waals surface area (Å²) < 4.78 is 5.08. The van der Waals surface area contributed by atoms with Crippen molar-refractivity contribution in [2.45, 2.75) is 26.2 Å². The minimum atomic E-state index is -0.404. The second kappa shape index (κ2) is 5.95. The molecule has 3 nitrogen and oxygen atoms in total. The van der Waals surface area contributed by atoms with Gasteiger partial charge in [-0.3, -0.25) is 0 Å². The first-order valence-electron chi connectivity index (χ1n) is 5.32. The van der Waals surface area contributed by atoms with Crippen LogP contribution in [0.3, 0.4) is 0 Å². The number of carbonyl (C=O) groups excluding carboxylic acids is 1. The highest BCUT2D eigenvalue weighted by molar-refractivity contribution is 5.89. The third-order valence-corrected chi connectivity index (χ3v) is 2.17. The van der Waals surface area contributed by atoms with Gasteiger partial charge in [0.1, 0.15) is 11.5 Å². The molecule has 0 radical (unpaired) electrons. The first-order chi connectivity index (χ1) is 7.63. The van der Waals surface area contributed by atoms with Crippen molar-refractivity contribution in [3.8, 4) is 11.5 Å². The van der Waals surface area contributed by atoms with E-state index >= 15 is 0 Å². The molecule has 3 heteroatoms. The van der Waals surface area contributed by atoms with Gasteiger partial charge < -0.3 is 9.84 Å². The average Bonchev–Trinajstić information content (AvgIpc) is 2.29. The molecule has 0 saturated heterocycles.